The molecule has 122 valence electrons. The molecule has 0 spiro atoms. The van der Waals surface area contributed by atoms with Crippen LogP contribution in [0, 0.1) is 21.4 Å². The van der Waals surface area contributed by atoms with E-state index in [-0.39, 0.29) is 16.9 Å². The molecule has 0 aromatic heterocycles. The molecule has 1 amide bonds. The van der Waals surface area contributed by atoms with Gasteiger partial charge in [-0.15, -0.1) is 0 Å². The molecule has 0 saturated heterocycles. The Bertz CT molecular complexity index is 628. The van der Waals surface area contributed by atoms with Crippen LogP contribution < -0.4 is 5.32 Å². The normalized spacial score (nSPS) is 10.7. The van der Waals surface area contributed by atoms with E-state index in [1.165, 1.54) is 24.3 Å². The third-order valence-electron chi connectivity index (χ3n) is 3.01. The van der Waals surface area contributed by atoms with Gasteiger partial charge < -0.3 is 10.2 Å². The third-order valence-corrected chi connectivity index (χ3v) is 3.01. The van der Waals surface area contributed by atoms with Gasteiger partial charge in [-0.05, 0) is 18.9 Å². The van der Waals surface area contributed by atoms with Crippen molar-refractivity contribution in [2.75, 3.05) is 18.4 Å². The first-order valence-electron chi connectivity index (χ1n) is 7.43. The number of carbonyl (C=O) groups is 1. The number of amides is 1. The molecule has 7 nitrogen and oxygen atoms in total. The van der Waals surface area contributed by atoms with Crippen molar-refractivity contribution in [2.24, 2.45) is 0 Å². The largest absolute Gasteiger partial charge is 0.376 e. The minimum atomic E-state index is -0.579. The summed E-state index contributed by atoms with van der Waals surface area (Å²) in [7, 11) is 0. The summed E-state index contributed by atoms with van der Waals surface area (Å²) in [6, 6.07) is 7.48. The van der Waals surface area contributed by atoms with Crippen molar-refractivity contribution >= 4 is 17.3 Å². The summed E-state index contributed by atoms with van der Waals surface area (Å²) in [5.41, 5.74) is 0.130. The Labute approximate surface area is 135 Å². The predicted octanol–water partition coefficient (Wildman–Crippen LogP) is 3.06. The van der Waals surface area contributed by atoms with Gasteiger partial charge in [0.05, 0.1) is 4.92 Å². The minimum absolute atomic E-state index is 0.0293. The van der Waals surface area contributed by atoms with Crippen LogP contribution in [0.2, 0.25) is 0 Å². The average Bonchev–Trinajstić information content (AvgIpc) is 2.53. The third kappa shape index (κ3) is 5.79. The molecule has 0 saturated carbocycles. The van der Waals surface area contributed by atoms with Gasteiger partial charge >= 0.3 is 0 Å². The van der Waals surface area contributed by atoms with Gasteiger partial charge in [-0.1, -0.05) is 19.9 Å². The van der Waals surface area contributed by atoms with Crippen LogP contribution in [0.25, 0.3) is 0 Å². The maximum Gasteiger partial charge on any atom is 0.271 e. The minimum Gasteiger partial charge on any atom is -0.376 e. The first-order valence-corrected chi connectivity index (χ1v) is 7.43. The Morgan fingerprint density at radius 2 is 2.04 bits per heavy atom. The highest BCUT2D eigenvalue weighted by Crippen LogP contribution is 2.17. The van der Waals surface area contributed by atoms with Crippen molar-refractivity contribution in [3.05, 3.63) is 46.2 Å². The van der Waals surface area contributed by atoms with Crippen LogP contribution in [0.15, 0.2) is 36.0 Å². The number of carbonyl (C=O) groups excluding carboxylic acids is 1. The van der Waals surface area contributed by atoms with Crippen LogP contribution in [0.1, 0.15) is 26.7 Å². The van der Waals surface area contributed by atoms with Crippen LogP contribution in [0.5, 0.6) is 0 Å². The van der Waals surface area contributed by atoms with Gasteiger partial charge in [-0.2, -0.15) is 5.26 Å². The van der Waals surface area contributed by atoms with E-state index in [4.69, 9.17) is 0 Å². The smallest absolute Gasteiger partial charge is 0.271 e. The lowest BCUT2D eigenvalue weighted by molar-refractivity contribution is -0.384. The van der Waals surface area contributed by atoms with Crippen LogP contribution in [-0.4, -0.2) is 28.8 Å². The summed E-state index contributed by atoms with van der Waals surface area (Å²) in [5.74, 6) is -0.579. The van der Waals surface area contributed by atoms with Crippen LogP contribution in [-0.2, 0) is 4.79 Å². The number of rotatable bonds is 8. The molecule has 7 heteroatoms. The Morgan fingerprint density at radius 1 is 1.39 bits per heavy atom. The maximum atomic E-state index is 12.2. The van der Waals surface area contributed by atoms with E-state index >= 15 is 0 Å². The van der Waals surface area contributed by atoms with Crippen molar-refractivity contribution in [1.82, 2.24) is 4.90 Å². The summed E-state index contributed by atoms with van der Waals surface area (Å²) in [4.78, 5) is 24.3. The summed E-state index contributed by atoms with van der Waals surface area (Å²) < 4.78 is 0. The van der Waals surface area contributed by atoms with Crippen molar-refractivity contribution < 1.29 is 9.72 Å². The summed E-state index contributed by atoms with van der Waals surface area (Å²) in [5, 5.41) is 22.4. The average molecular weight is 316 g/mol. The molecule has 23 heavy (non-hydrogen) atoms. The highest BCUT2D eigenvalue weighted by molar-refractivity contribution is 6.06. The highest BCUT2D eigenvalue weighted by Gasteiger charge is 2.13. The van der Waals surface area contributed by atoms with E-state index in [1.54, 1.807) is 6.20 Å². The fourth-order valence-corrected chi connectivity index (χ4v) is 2.03. The van der Waals surface area contributed by atoms with E-state index in [0.29, 0.717) is 0 Å². The summed E-state index contributed by atoms with van der Waals surface area (Å²) in [6.07, 6.45) is 3.35. The van der Waals surface area contributed by atoms with Crippen LogP contribution in [0.3, 0.4) is 0 Å². The summed E-state index contributed by atoms with van der Waals surface area (Å²) >= 11 is 0. The van der Waals surface area contributed by atoms with Crippen LogP contribution >= 0.6 is 0 Å². The Balaban J connectivity index is 2.90. The lowest BCUT2D eigenvalue weighted by Crippen LogP contribution is -2.22. The number of nitro groups is 1. The number of anilines is 1. The van der Waals surface area contributed by atoms with E-state index in [0.717, 1.165) is 25.9 Å². The lowest BCUT2D eigenvalue weighted by Gasteiger charge is -2.19. The number of hydrogen-bond donors (Lipinski definition) is 1. The standard InChI is InChI=1S/C16H20N4O3/c1-3-8-19(9-4-2)12-13(11-17)16(21)18-14-6-5-7-15(10-14)20(22)23/h5-7,10,12H,3-4,8-9H2,1-2H3,(H,18,21)/b13-12-. The number of nitro benzene ring substituents is 1. The second-order valence-corrected chi connectivity index (χ2v) is 4.95. The topological polar surface area (TPSA) is 99.3 Å². The van der Waals surface area contributed by atoms with Crippen molar-refractivity contribution in [1.29, 1.82) is 5.26 Å². The molecular formula is C16H20N4O3. The zero-order valence-electron chi connectivity index (χ0n) is 13.3. The molecule has 0 aliphatic heterocycles. The zero-order chi connectivity index (χ0) is 17.2. The maximum absolute atomic E-state index is 12.2. The quantitative estimate of drug-likeness (QED) is 0.344. The number of nitriles is 1. The predicted molar refractivity (Wildman–Crippen MR) is 87.6 cm³/mol. The monoisotopic (exact) mass is 316 g/mol. The molecule has 1 aromatic rings. The van der Waals surface area contributed by atoms with Gasteiger partial charge in [-0.25, -0.2) is 0 Å². The molecule has 0 aliphatic rings. The Hall–Kier alpha value is -2.88. The molecule has 0 atom stereocenters. The SMILES string of the molecule is CCCN(/C=C(/C#N)C(=O)Nc1cccc([N+](=O)[O-])c1)CCC. The second kappa shape index (κ2) is 9.20. The molecule has 0 bridgehead atoms. The highest BCUT2D eigenvalue weighted by atomic mass is 16.6. The van der Waals surface area contributed by atoms with Gasteiger partial charge in [-0.3, -0.25) is 14.9 Å². The van der Waals surface area contributed by atoms with E-state index < -0.39 is 10.8 Å². The Morgan fingerprint density at radius 3 is 2.57 bits per heavy atom. The van der Waals surface area contributed by atoms with E-state index in [9.17, 15) is 20.2 Å². The van der Waals surface area contributed by atoms with Gasteiger partial charge in [0, 0.05) is 37.1 Å². The first-order chi connectivity index (χ1) is 11.0. The number of non-ortho nitro benzene ring substituents is 1. The first kappa shape index (κ1) is 18.2. The number of nitrogens with zero attached hydrogens (tertiary/aromatic N) is 3. The van der Waals surface area contributed by atoms with E-state index in [2.05, 4.69) is 5.32 Å². The van der Waals surface area contributed by atoms with Crippen molar-refractivity contribution in [2.45, 2.75) is 26.7 Å². The van der Waals surface area contributed by atoms with Crippen molar-refractivity contribution in [3.63, 3.8) is 0 Å². The molecular weight excluding hydrogens is 296 g/mol. The molecule has 1 aromatic carbocycles. The van der Waals surface area contributed by atoms with Gasteiger partial charge in [0.15, 0.2) is 0 Å². The summed E-state index contributed by atoms with van der Waals surface area (Å²) in [6.45, 7) is 5.55. The fraction of sp³-hybridized carbons (Fsp3) is 0.375. The second-order valence-electron chi connectivity index (χ2n) is 4.95. The van der Waals surface area contributed by atoms with E-state index in [1.807, 2.05) is 24.8 Å². The van der Waals surface area contributed by atoms with Gasteiger partial charge in [0.1, 0.15) is 11.6 Å². The molecule has 0 radical (unpaired) electrons. The molecule has 0 aliphatic carbocycles. The number of hydrogen-bond acceptors (Lipinski definition) is 5. The van der Waals surface area contributed by atoms with Gasteiger partial charge in [0.25, 0.3) is 11.6 Å². The molecule has 0 heterocycles. The molecule has 1 N–H and O–H groups in total. The fourth-order valence-electron chi connectivity index (χ4n) is 2.03. The number of nitrogens with one attached hydrogen (secondary N) is 1. The number of benzene rings is 1. The Kier molecular flexibility index (Phi) is 7.27. The molecule has 0 unspecified atom stereocenters. The van der Waals surface area contributed by atoms with Crippen molar-refractivity contribution in [3.8, 4) is 6.07 Å². The zero-order valence-corrected chi connectivity index (χ0v) is 13.3. The lowest BCUT2D eigenvalue weighted by atomic mass is 10.2. The van der Waals surface area contributed by atoms with Crippen LogP contribution in [0.4, 0.5) is 11.4 Å². The molecule has 1 rings (SSSR count). The molecule has 0 fully saturated rings. The van der Waals surface area contributed by atoms with Gasteiger partial charge in [0.2, 0.25) is 0 Å².